The highest BCUT2D eigenvalue weighted by Gasteiger charge is 2.22. The van der Waals surface area contributed by atoms with Crippen LogP contribution in [0.1, 0.15) is 19.8 Å². The molecule has 104 valence electrons. The molecule has 2 rings (SSSR count). The van der Waals surface area contributed by atoms with Crippen LogP contribution in [0.15, 0.2) is 22.7 Å². The van der Waals surface area contributed by atoms with Crippen molar-refractivity contribution in [2.45, 2.75) is 31.9 Å². The van der Waals surface area contributed by atoms with E-state index in [1.165, 1.54) is 0 Å². The van der Waals surface area contributed by atoms with Gasteiger partial charge in [0.05, 0.1) is 22.9 Å². The summed E-state index contributed by atoms with van der Waals surface area (Å²) in [4.78, 5) is 0. The molecule has 19 heavy (non-hydrogen) atoms. The Morgan fingerprint density at radius 1 is 1.58 bits per heavy atom. The van der Waals surface area contributed by atoms with Crippen LogP contribution in [-0.2, 0) is 4.74 Å². The maximum Gasteiger partial charge on any atom is 0.171 e. The first kappa shape index (κ1) is 15.0. The first-order valence-corrected chi connectivity index (χ1v) is 7.78. The van der Waals surface area contributed by atoms with Crippen LogP contribution >= 0.6 is 39.7 Å². The van der Waals surface area contributed by atoms with Crippen LogP contribution in [0.2, 0.25) is 5.02 Å². The summed E-state index contributed by atoms with van der Waals surface area (Å²) in [7, 11) is 0. The Morgan fingerprint density at radius 3 is 3.00 bits per heavy atom. The number of thiocarbonyl (C=S) groups is 1. The molecule has 0 aromatic heterocycles. The predicted octanol–water partition coefficient (Wildman–Crippen LogP) is 3.96. The number of nitrogens with one attached hydrogen (secondary N) is 2. The summed E-state index contributed by atoms with van der Waals surface area (Å²) in [5.74, 6) is 0. The Kier molecular flexibility index (Phi) is 5.45. The van der Waals surface area contributed by atoms with Gasteiger partial charge in [0.25, 0.3) is 0 Å². The molecule has 3 nitrogen and oxygen atoms in total. The normalized spacial score (nSPS) is 20.1. The van der Waals surface area contributed by atoms with Crippen LogP contribution in [-0.4, -0.2) is 23.9 Å². The first-order valence-electron chi connectivity index (χ1n) is 6.20. The summed E-state index contributed by atoms with van der Waals surface area (Å²) in [6.07, 6.45) is 2.44. The van der Waals surface area contributed by atoms with Crippen molar-refractivity contribution in [1.82, 2.24) is 5.32 Å². The smallest absolute Gasteiger partial charge is 0.171 e. The molecule has 1 heterocycles. The zero-order valence-corrected chi connectivity index (χ0v) is 13.7. The van der Waals surface area contributed by atoms with E-state index in [-0.39, 0.29) is 12.1 Å². The van der Waals surface area contributed by atoms with E-state index in [4.69, 9.17) is 28.6 Å². The molecular formula is C13H16BrClN2OS. The summed E-state index contributed by atoms with van der Waals surface area (Å²) in [5.41, 5.74) is 0.793. The second-order valence-electron chi connectivity index (χ2n) is 4.56. The monoisotopic (exact) mass is 362 g/mol. The molecule has 1 aromatic rings. The van der Waals surface area contributed by atoms with Gasteiger partial charge in [-0.2, -0.15) is 0 Å². The van der Waals surface area contributed by atoms with E-state index in [1.54, 1.807) is 0 Å². The summed E-state index contributed by atoms with van der Waals surface area (Å²) in [5, 5.41) is 7.53. The number of hydrogen-bond donors (Lipinski definition) is 2. The SMILES string of the molecule is C[C@@H](NC(=S)Nc1ccc(Br)cc1Cl)[C@H]1CCCO1. The van der Waals surface area contributed by atoms with E-state index in [9.17, 15) is 0 Å². The average Bonchev–Trinajstić information content (AvgIpc) is 2.86. The zero-order valence-electron chi connectivity index (χ0n) is 10.6. The number of benzene rings is 1. The van der Waals surface area contributed by atoms with Crippen LogP contribution in [0.5, 0.6) is 0 Å². The quantitative estimate of drug-likeness (QED) is 0.797. The van der Waals surface area contributed by atoms with E-state index in [0.29, 0.717) is 10.1 Å². The van der Waals surface area contributed by atoms with Gasteiger partial charge in [-0.3, -0.25) is 0 Å². The Balaban J connectivity index is 1.89. The third-order valence-electron chi connectivity index (χ3n) is 3.06. The molecule has 0 radical (unpaired) electrons. The summed E-state index contributed by atoms with van der Waals surface area (Å²) in [6.45, 7) is 2.92. The third kappa shape index (κ3) is 4.31. The van der Waals surface area contributed by atoms with Gasteiger partial charge in [0.15, 0.2) is 5.11 Å². The largest absolute Gasteiger partial charge is 0.376 e. The van der Waals surface area contributed by atoms with Crippen LogP contribution in [0.25, 0.3) is 0 Å². The van der Waals surface area contributed by atoms with Crippen LogP contribution in [0.4, 0.5) is 5.69 Å². The average molecular weight is 364 g/mol. The lowest BCUT2D eigenvalue weighted by Crippen LogP contribution is -2.42. The van der Waals surface area contributed by atoms with Gasteiger partial charge in [0.1, 0.15) is 0 Å². The maximum absolute atomic E-state index is 6.13. The number of ether oxygens (including phenoxy) is 1. The molecule has 1 aliphatic rings. The Labute approximate surface area is 132 Å². The van der Waals surface area contributed by atoms with Crippen molar-refractivity contribution in [3.05, 3.63) is 27.7 Å². The van der Waals surface area contributed by atoms with Crippen molar-refractivity contribution in [2.75, 3.05) is 11.9 Å². The molecule has 1 saturated heterocycles. The highest BCUT2D eigenvalue weighted by molar-refractivity contribution is 9.10. The Bertz CT molecular complexity index is 466. The number of rotatable bonds is 3. The van der Waals surface area contributed by atoms with Crippen molar-refractivity contribution < 1.29 is 4.74 Å². The van der Waals surface area contributed by atoms with E-state index >= 15 is 0 Å². The Morgan fingerprint density at radius 2 is 2.37 bits per heavy atom. The molecule has 0 aliphatic carbocycles. The highest BCUT2D eigenvalue weighted by Crippen LogP contribution is 2.25. The molecule has 0 spiro atoms. The van der Waals surface area contributed by atoms with Crippen molar-refractivity contribution in [1.29, 1.82) is 0 Å². The molecule has 1 fully saturated rings. The lowest BCUT2D eigenvalue weighted by Gasteiger charge is -2.22. The molecule has 0 amide bonds. The van der Waals surface area contributed by atoms with Gasteiger partial charge in [-0.1, -0.05) is 27.5 Å². The number of anilines is 1. The molecule has 0 saturated carbocycles. The fourth-order valence-corrected chi connectivity index (χ4v) is 3.06. The molecule has 2 N–H and O–H groups in total. The first-order chi connectivity index (χ1) is 9.06. The standard InChI is InChI=1S/C13H16BrClN2OS/c1-8(12-3-2-6-18-12)16-13(19)17-11-5-4-9(14)7-10(11)15/h4-5,7-8,12H,2-3,6H2,1H3,(H2,16,17,19)/t8-,12-/m1/s1. The van der Waals surface area contributed by atoms with Gasteiger partial charge in [0.2, 0.25) is 0 Å². The molecule has 1 aliphatic heterocycles. The molecule has 6 heteroatoms. The third-order valence-corrected chi connectivity index (χ3v) is 4.09. The van der Waals surface area contributed by atoms with E-state index in [2.05, 4.69) is 33.5 Å². The topological polar surface area (TPSA) is 33.3 Å². The van der Waals surface area contributed by atoms with Crippen molar-refractivity contribution >= 4 is 50.5 Å². The summed E-state index contributed by atoms with van der Waals surface area (Å²) < 4.78 is 6.56. The minimum atomic E-state index is 0.191. The van der Waals surface area contributed by atoms with Gasteiger partial charge >= 0.3 is 0 Å². The highest BCUT2D eigenvalue weighted by atomic mass is 79.9. The summed E-state index contributed by atoms with van der Waals surface area (Å²) >= 11 is 14.8. The number of hydrogen-bond acceptors (Lipinski definition) is 2. The fourth-order valence-electron chi connectivity index (χ4n) is 2.05. The minimum absolute atomic E-state index is 0.191. The molecule has 0 bridgehead atoms. The van der Waals surface area contributed by atoms with Crippen molar-refractivity contribution in [2.24, 2.45) is 0 Å². The zero-order chi connectivity index (χ0) is 13.8. The van der Waals surface area contributed by atoms with Gasteiger partial charge in [-0.05, 0) is 50.2 Å². The summed E-state index contributed by atoms with van der Waals surface area (Å²) in [6, 6.07) is 5.82. The van der Waals surface area contributed by atoms with Crippen molar-refractivity contribution in [3.8, 4) is 0 Å². The second-order valence-corrected chi connectivity index (χ2v) is 6.29. The van der Waals surface area contributed by atoms with Crippen LogP contribution in [0.3, 0.4) is 0 Å². The van der Waals surface area contributed by atoms with E-state index in [0.717, 1.165) is 29.6 Å². The van der Waals surface area contributed by atoms with Gasteiger partial charge < -0.3 is 15.4 Å². The Hall–Kier alpha value is -0.360. The molecular weight excluding hydrogens is 348 g/mol. The van der Waals surface area contributed by atoms with E-state index < -0.39 is 0 Å². The van der Waals surface area contributed by atoms with Crippen LogP contribution in [0, 0.1) is 0 Å². The molecule has 1 aromatic carbocycles. The maximum atomic E-state index is 6.13. The van der Waals surface area contributed by atoms with Gasteiger partial charge in [-0.15, -0.1) is 0 Å². The lowest BCUT2D eigenvalue weighted by atomic mass is 10.1. The van der Waals surface area contributed by atoms with Gasteiger partial charge in [-0.25, -0.2) is 0 Å². The molecule has 2 atom stereocenters. The molecule has 0 unspecified atom stereocenters. The van der Waals surface area contributed by atoms with Crippen LogP contribution < -0.4 is 10.6 Å². The van der Waals surface area contributed by atoms with Gasteiger partial charge in [0, 0.05) is 11.1 Å². The fraction of sp³-hybridized carbons (Fsp3) is 0.462. The predicted molar refractivity (Wildman–Crippen MR) is 86.9 cm³/mol. The van der Waals surface area contributed by atoms with Crippen molar-refractivity contribution in [3.63, 3.8) is 0 Å². The lowest BCUT2D eigenvalue weighted by molar-refractivity contribution is 0.0895. The van der Waals surface area contributed by atoms with E-state index in [1.807, 2.05) is 18.2 Å². The second kappa shape index (κ2) is 6.88. The number of halogens is 2. The minimum Gasteiger partial charge on any atom is -0.376 e.